The molecule has 106 valence electrons. The number of carbonyl (C=O) groups is 1. The molecule has 0 aliphatic carbocycles. The van der Waals surface area contributed by atoms with Crippen molar-refractivity contribution in [2.45, 2.75) is 38.6 Å². The number of amides is 1. The molecule has 0 saturated carbocycles. The van der Waals surface area contributed by atoms with Crippen LogP contribution in [-0.4, -0.2) is 25.0 Å². The molecule has 1 aliphatic heterocycles. The molecule has 3 nitrogen and oxygen atoms in total. The molecule has 1 amide bonds. The number of rotatable bonds is 4. The normalized spacial score (nSPS) is 19.6. The summed E-state index contributed by atoms with van der Waals surface area (Å²) in [5, 5.41) is 6.35. The molecule has 0 bridgehead atoms. The van der Waals surface area contributed by atoms with Crippen LogP contribution in [0.25, 0.3) is 0 Å². The van der Waals surface area contributed by atoms with E-state index in [1.54, 1.807) is 0 Å². The summed E-state index contributed by atoms with van der Waals surface area (Å²) in [6.45, 7) is 6.14. The van der Waals surface area contributed by atoms with E-state index in [4.69, 9.17) is 0 Å². The maximum atomic E-state index is 12.0. The van der Waals surface area contributed by atoms with E-state index in [2.05, 4.69) is 36.6 Å². The molecule has 1 aromatic rings. The van der Waals surface area contributed by atoms with Crippen LogP contribution in [0.1, 0.15) is 36.8 Å². The summed E-state index contributed by atoms with van der Waals surface area (Å²) in [6.07, 6.45) is 1.62. The Labute approximate surface area is 121 Å². The van der Waals surface area contributed by atoms with E-state index in [0.29, 0.717) is 12.5 Å². The lowest BCUT2D eigenvalue weighted by Gasteiger charge is -2.16. The minimum absolute atomic E-state index is 0. The monoisotopic (exact) mass is 282 g/mol. The van der Waals surface area contributed by atoms with Gasteiger partial charge in [0.2, 0.25) is 5.91 Å². The highest BCUT2D eigenvalue weighted by Crippen LogP contribution is 2.22. The summed E-state index contributed by atoms with van der Waals surface area (Å²) in [6, 6.07) is 8.62. The van der Waals surface area contributed by atoms with Gasteiger partial charge in [0.15, 0.2) is 0 Å². The second-order valence-corrected chi connectivity index (χ2v) is 5.22. The number of hydrogen-bond donors (Lipinski definition) is 2. The average molecular weight is 283 g/mol. The summed E-state index contributed by atoms with van der Waals surface area (Å²) in [4.78, 5) is 12.0. The average Bonchev–Trinajstić information content (AvgIpc) is 2.82. The van der Waals surface area contributed by atoms with Crippen LogP contribution in [-0.2, 0) is 4.79 Å². The molecule has 1 heterocycles. The lowest BCUT2D eigenvalue weighted by atomic mass is 9.93. The molecule has 0 aromatic heterocycles. The van der Waals surface area contributed by atoms with Gasteiger partial charge in [-0.05, 0) is 36.9 Å². The summed E-state index contributed by atoms with van der Waals surface area (Å²) in [5.74, 6) is 0.444. The summed E-state index contributed by atoms with van der Waals surface area (Å²) in [5.41, 5.74) is 2.54. The first-order valence-corrected chi connectivity index (χ1v) is 6.72. The van der Waals surface area contributed by atoms with Crippen LogP contribution in [0, 0.1) is 6.92 Å². The van der Waals surface area contributed by atoms with E-state index < -0.39 is 0 Å². The van der Waals surface area contributed by atoms with Crippen LogP contribution in [0.4, 0.5) is 0 Å². The zero-order valence-corrected chi connectivity index (χ0v) is 12.4. The molecule has 1 aliphatic rings. The zero-order chi connectivity index (χ0) is 13.0. The third-order valence-electron chi connectivity index (χ3n) is 3.64. The minimum atomic E-state index is 0. The number of benzene rings is 1. The van der Waals surface area contributed by atoms with Gasteiger partial charge in [-0.1, -0.05) is 31.2 Å². The molecular weight excluding hydrogens is 260 g/mol. The van der Waals surface area contributed by atoms with E-state index in [0.717, 1.165) is 19.5 Å². The third kappa shape index (κ3) is 4.51. The quantitative estimate of drug-likeness (QED) is 0.890. The van der Waals surface area contributed by atoms with Gasteiger partial charge in [-0.25, -0.2) is 0 Å². The Kier molecular flexibility index (Phi) is 6.32. The second-order valence-electron chi connectivity index (χ2n) is 5.22. The van der Waals surface area contributed by atoms with E-state index in [1.165, 1.54) is 11.1 Å². The molecule has 0 radical (unpaired) electrons. The topological polar surface area (TPSA) is 41.1 Å². The van der Waals surface area contributed by atoms with E-state index >= 15 is 0 Å². The van der Waals surface area contributed by atoms with Gasteiger partial charge >= 0.3 is 0 Å². The molecule has 2 unspecified atom stereocenters. The van der Waals surface area contributed by atoms with Gasteiger partial charge in [0.1, 0.15) is 0 Å². The zero-order valence-electron chi connectivity index (χ0n) is 11.6. The van der Waals surface area contributed by atoms with Gasteiger partial charge in [0.25, 0.3) is 0 Å². The lowest BCUT2D eigenvalue weighted by Crippen LogP contribution is -2.36. The summed E-state index contributed by atoms with van der Waals surface area (Å²) in [7, 11) is 0. The Hall–Kier alpha value is -1.06. The van der Waals surface area contributed by atoms with Gasteiger partial charge in [0.05, 0.1) is 0 Å². The SMILES string of the molecule is Cc1ccccc1C(C)CC(=O)NC1CCNC1.Cl. The Morgan fingerprint density at radius 3 is 2.84 bits per heavy atom. The van der Waals surface area contributed by atoms with Crippen molar-refractivity contribution in [3.8, 4) is 0 Å². The molecular formula is C15H23ClN2O. The van der Waals surface area contributed by atoms with Gasteiger partial charge in [-0.3, -0.25) is 4.79 Å². The van der Waals surface area contributed by atoms with Crippen molar-refractivity contribution < 1.29 is 4.79 Å². The van der Waals surface area contributed by atoms with Gasteiger partial charge in [-0.2, -0.15) is 0 Å². The van der Waals surface area contributed by atoms with E-state index in [1.807, 2.05) is 12.1 Å². The molecule has 1 aromatic carbocycles. The maximum Gasteiger partial charge on any atom is 0.220 e. The fraction of sp³-hybridized carbons (Fsp3) is 0.533. The van der Waals surface area contributed by atoms with Gasteiger partial charge in [0, 0.05) is 19.0 Å². The molecule has 1 saturated heterocycles. The van der Waals surface area contributed by atoms with Crippen LogP contribution in [0.3, 0.4) is 0 Å². The van der Waals surface area contributed by atoms with Crippen molar-refractivity contribution in [2.24, 2.45) is 0 Å². The highest BCUT2D eigenvalue weighted by Gasteiger charge is 2.18. The standard InChI is InChI=1S/C15H22N2O.ClH/c1-11-5-3-4-6-14(11)12(2)9-15(18)17-13-7-8-16-10-13;/h3-6,12-13,16H,7-10H2,1-2H3,(H,17,18);1H. The molecule has 0 spiro atoms. The number of aryl methyl sites for hydroxylation is 1. The molecule has 19 heavy (non-hydrogen) atoms. The smallest absolute Gasteiger partial charge is 0.220 e. The first-order valence-electron chi connectivity index (χ1n) is 6.72. The van der Waals surface area contributed by atoms with E-state index in [-0.39, 0.29) is 24.2 Å². The Bertz CT molecular complexity index is 416. The highest BCUT2D eigenvalue weighted by atomic mass is 35.5. The second kappa shape index (κ2) is 7.51. The fourth-order valence-corrected chi connectivity index (χ4v) is 2.59. The number of halogens is 1. The molecule has 4 heteroatoms. The fourth-order valence-electron chi connectivity index (χ4n) is 2.59. The summed E-state index contributed by atoms with van der Waals surface area (Å²) >= 11 is 0. The van der Waals surface area contributed by atoms with Crippen LogP contribution < -0.4 is 10.6 Å². The molecule has 1 fully saturated rings. The van der Waals surface area contributed by atoms with Crippen LogP contribution >= 0.6 is 12.4 Å². The molecule has 2 atom stereocenters. The van der Waals surface area contributed by atoms with Crippen LogP contribution in [0.15, 0.2) is 24.3 Å². The van der Waals surface area contributed by atoms with Crippen molar-refractivity contribution in [1.29, 1.82) is 0 Å². The Balaban J connectivity index is 0.00000180. The predicted octanol–water partition coefficient (Wildman–Crippen LogP) is 2.39. The first-order chi connectivity index (χ1) is 8.66. The predicted molar refractivity (Wildman–Crippen MR) is 80.9 cm³/mol. The Morgan fingerprint density at radius 2 is 2.21 bits per heavy atom. The summed E-state index contributed by atoms with van der Waals surface area (Å²) < 4.78 is 0. The molecule has 2 N–H and O–H groups in total. The number of nitrogens with one attached hydrogen (secondary N) is 2. The van der Waals surface area contributed by atoms with Crippen molar-refractivity contribution in [3.05, 3.63) is 35.4 Å². The minimum Gasteiger partial charge on any atom is -0.352 e. The van der Waals surface area contributed by atoms with Gasteiger partial charge in [-0.15, -0.1) is 12.4 Å². The van der Waals surface area contributed by atoms with Crippen molar-refractivity contribution >= 4 is 18.3 Å². The number of hydrogen-bond acceptors (Lipinski definition) is 2. The van der Waals surface area contributed by atoms with Gasteiger partial charge < -0.3 is 10.6 Å². The lowest BCUT2D eigenvalue weighted by molar-refractivity contribution is -0.122. The van der Waals surface area contributed by atoms with Crippen LogP contribution in [0.2, 0.25) is 0 Å². The Morgan fingerprint density at radius 1 is 1.47 bits per heavy atom. The van der Waals surface area contributed by atoms with Crippen LogP contribution in [0.5, 0.6) is 0 Å². The van der Waals surface area contributed by atoms with Crippen molar-refractivity contribution in [2.75, 3.05) is 13.1 Å². The number of carbonyl (C=O) groups excluding carboxylic acids is 1. The van der Waals surface area contributed by atoms with E-state index in [9.17, 15) is 4.79 Å². The van der Waals surface area contributed by atoms with Crippen molar-refractivity contribution in [1.82, 2.24) is 10.6 Å². The maximum absolute atomic E-state index is 12.0. The highest BCUT2D eigenvalue weighted by molar-refractivity contribution is 5.85. The molecule has 2 rings (SSSR count). The third-order valence-corrected chi connectivity index (χ3v) is 3.64. The largest absolute Gasteiger partial charge is 0.352 e. The first kappa shape index (κ1) is 16.0. The van der Waals surface area contributed by atoms with Crippen molar-refractivity contribution in [3.63, 3.8) is 0 Å².